The van der Waals surface area contributed by atoms with Crippen LogP contribution in [0, 0.1) is 0 Å². The third-order valence-electron chi connectivity index (χ3n) is 4.01. The third kappa shape index (κ3) is 3.90. The van der Waals surface area contributed by atoms with Gasteiger partial charge in [0.25, 0.3) is 5.78 Å². The molecule has 0 radical (unpaired) electrons. The molecule has 0 atom stereocenters. The van der Waals surface area contributed by atoms with Gasteiger partial charge in [-0.15, -0.1) is 0 Å². The number of esters is 1. The van der Waals surface area contributed by atoms with Gasteiger partial charge >= 0.3 is 5.97 Å². The average molecular weight is 359 g/mol. The van der Waals surface area contributed by atoms with Crippen molar-refractivity contribution in [2.24, 2.45) is 0 Å². The summed E-state index contributed by atoms with van der Waals surface area (Å²) in [7, 11) is 1.19. The molecule has 0 spiro atoms. The number of nitrogen functional groups attached to an aromatic ring is 1. The van der Waals surface area contributed by atoms with E-state index in [0.29, 0.717) is 10.9 Å². The molecule has 27 heavy (non-hydrogen) atoms. The summed E-state index contributed by atoms with van der Waals surface area (Å²) in [4.78, 5) is 30.8. The van der Waals surface area contributed by atoms with Gasteiger partial charge in [0.1, 0.15) is 0 Å². The first-order valence-corrected chi connectivity index (χ1v) is 8.15. The van der Waals surface area contributed by atoms with Gasteiger partial charge in [-0.2, -0.15) is 0 Å². The van der Waals surface area contributed by atoms with E-state index in [-0.39, 0.29) is 0 Å². The fraction of sp³-hybridized carbons (Fsp3) is 0.0476. The van der Waals surface area contributed by atoms with E-state index in [0.717, 1.165) is 21.8 Å². The molecule has 6 heteroatoms. The van der Waals surface area contributed by atoms with Crippen LogP contribution in [0.3, 0.4) is 0 Å². The van der Waals surface area contributed by atoms with Gasteiger partial charge in [0.2, 0.25) is 0 Å². The van der Waals surface area contributed by atoms with Crippen LogP contribution in [0.4, 0.5) is 5.69 Å². The lowest BCUT2D eigenvalue weighted by Gasteiger charge is -2.03. The largest absolute Gasteiger partial charge is 0.463 e. The van der Waals surface area contributed by atoms with Crippen molar-refractivity contribution in [2.75, 3.05) is 12.8 Å². The number of nitrogens with zero attached hydrogens (tertiary/aromatic N) is 2. The van der Waals surface area contributed by atoms with Crippen LogP contribution in [0.15, 0.2) is 73.3 Å². The summed E-state index contributed by atoms with van der Waals surface area (Å²) < 4.78 is 4.41. The van der Waals surface area contributed by atoms with Gasteiger partial charge in [-0.05, 0) is 23.6 Å². The maximum atomic E-state index is 11.7. The summed E-state index contributed by atoms with van der Waals surface area (Å²) in [6.07, 6.45) is 6.78. The number of methoxy groups -OCH3 is 1. The number of benzene rings is 2. The molecule has 4 rings (SSSR count). The minimum absolute atomic E-state index is 0.340. The quantitative estimate of drug-likeness (QED) is 0.255. The van der Waals surface area contributed by atoms with E-state index < -0.39 is 11.8 Å². The number of aromatic nitrogens is 2. The summed E-state index contributed by atoms with van der Waals surface area (Å²) in [6.45, 7) is 0. The fourth-order valence-electron chi connectivity index (χ4n) is 2.67. The van der Waals surface area contributed by atoms with Crippen LogP contribution in [0.25, 0.3) is 21.5 Å². The Hall–Kier alpha value is -3.80. The predicted octanol–water partition coefficient (Wildman–Crippen LogP) is 3.41. The number of hydrogen-bond donors (Lipinski definition) is 1. The Bertz CT molecular complexity index is 1120. The monoisotopic (exact) mass is 359 g/mol. The molecule has 0 aliphatic carbocycles. The Morgan fingerprint density at radius 1 is 0.852 bits per heavy atom. The van der Waals surface area contributed by atoms with E-state index >= 15 is 0 Å². The molecular formula is C21H17N3O3. The molecular weight excluding hydrogens is 342 g/mol. The van der Waals surface area contributed by atoms with Gasteiger partial charge in [0.05, 0.1) is 7.11 Å². The summed E-state index contributed by atoms with van der Waals surface area (Å²) in [5.41, 5.74) is 6.88. The fourth-order valence-corrected chi connectivity index (χ4v) is 2.67. The van der Waals surface area contributed by atoms with E-state index in [1.54, 1.807) is 36.8 Å². The predicted molar refractivity (Wildman–Crippen MR) is 104 cm³/mol. The molecule has 0 aliphatic rings. The number of carbonyl (C=O) groups is 2. The number of pyridine rings is 2. The van der Waals surface area contributed by atoms with E-state index in [1.165, 1.54) is 7.11 Å². The van der Waals surface area contributed by atoms with Crippen molar-refractivity contribution in [3.05, 3.63) is 78.9 Å². The summed E-state index contributed by atoms with van der Waals surface area (Å²) in [5, 5.41) is 3.68. The second-order valence-electron chi connectivity index (χ2n) is 5.67. The van der Waals surface area contributed by atoms with Crippen molar-refractivity contribution in [3.8, 4) is 0 Å². The standard InChI is InChI=1S/C12H9NO3.C9H8N2/c1-16-12(15)11(14)10-4-2-3-8-7-13-6-5-9(8)10;10-9-3-1-2-7-6-11-5-4-8(7)9/h2-7H,1H3;1-6H,10H2. The maximum absolute atomic E-state index is 11.7. The molecule has 134 valence electrons. The van der Waals surface area contributed by atoms with Gasteiger partial charge < -0.3 is 10.5 Å². The molecule has 0 bridgehead atoms. The number of rotatable bonds is 2. The molecule has 2 heterocycles. The molecule has 0 unspecified atom stereocenters. The number of fused-ring (bicyclic) bond motifs is 2. The molecule has 2 N–H and O–H groups in total. The second kappa shape index (κ2) is 8.05. The summed E-state index contributed by atoms with van der Waals surface area (Å²) >= 11 is 0. The molecule has 2 aromatic carbocycles. The first-order chi connectivity index (χ1) is 13.1. The normalized spacial score (nSPS) is 10.1. The van der Waals surface area contributed by atoms with Gasteiger partial charge in [0.15, 0.2) is 0 Å². The van der Waals surface area contributed by atoms with Gasteiger partial charge in [0, 0.05) is 52.2 Å². The third-order valence-corrected chi connectivity index (χ3v) is 4.01. The summed E-state index contributed by atoms with van der Waals surface area (Å²) in [6, 6.07) is 14.6. The number of Topliss-reactive ketones (excluding diaryl/α,β-unsaturated/α-hetero) is 1. The highest BCUT2D eigenvalue weighted by atomic mass is 16.5. The highest BCUT2D eigenvalue weighted by Gasteiger charge is 2.18. The van der Waals surface area contributed by atoms with E-state index in [2.05, 4.69) is 14.7 Å². The van der Waals surface area contributed by atoms with Crippen LogP contribution < -0.4 is 5.73 Å². The molecule has 2 aromatic heterocycles. The van der Waals surface area contributed by atoms with E-state index in [4.69, 9.17) is 5.73 Å². The highest BCUT2D eigenvalue weighted by Crippen LogP contribution is 2.19. The minimum atomic E-state index is -0.857. The Morgan fingerprint density at radius 2 is 1.44 bits per heavy atom. The van der Waals surface area contributed by atoms with Crippen molar-refractivity contribution < 1.29 is 14.3 Å². The minimum Gasteiger partial charge on any atom is -0.463 e. The van der Waals surface area contributed by atoms with Gasteiger partial charge in [-0.25, -0.2) is 4.79 Å². The van der Waals surface area contributed by atoms with Gasteiger partial charge in [-0.1, -0.05) is 30.3 Å². The number of hydrogen-bond acceptors (Lipinski definition) is 6. The molecule has 0 saturated carbocycles. The van der Waals surface area contributed by atoms with E-state index in [9.17, 15) is 9.59 Å². The van der Waals surface area contributed by atoms with Crippen LogP contribution >= 0.6 is 0 Å². The Kier molecular flexibility index (Phi) is 5.37. The Labute approximate surface area is 155 Å². The van der Waals surface area contributed by atoms with Crippen molar-refractivity contribution >= 4 is 39.0 Å². The number of nitrogens with two attached hydrogens (primary N) is 1. The molecule has 0 amide bonds. The number of anilines is 1. The van der Waals surface area contributed by atoms with Crippen LogP contribution in [0.1, 0.15) is 10.4 Å². The molecule has 0 saturated heterocycles. The van der Waals surface area contributed by atoms with Crippen LogP contribution in [0.5, 0.6) is 0 Å². The van der Waals surface area contributed by atoms with Crippen LogP contribution in [0.2, 0.25) is 0 Å². The van der Waals surface area contributed by atoms with Crippen molar-refractivity contribution in [2.45, 2.75) is 0 Å². The smallest absolute Gasteiger partial charge is 0.379 e. The zero-order valence-electron chi connectivity index (χ0n) is 14.6. The second-order valence-corrected chi connectivity index (χ2v) is 5.67. The lowest BCUT2D eigenvalue weighted by molar-refractivity contribution is -0.135. The van der Waals surface area contributed by atoms with Crippen LogP contribution in [-0.4, -0.2) is 28.8 Å². The molecule has 0 fully saturated rings. The topological polar surface area (TPSA) is 95.2 Å². The first-order valence-electron chi connectivity index (χ1n) is 8.15. The zero-order chi connectivity index (χ0) is 19.2. The average Bonchev–Trinajstić information content (AvgIpc) is 2.73. The number of carbonyl (C=O) groups excluding carboxylic acids is 2. The lowest BCUT2D eigenvalue weighted by Crippen LogP contribution is -2.15. The lowest BCUT2D eigenvalue weighted by atomic mass is 10.0. The molecule has 4 aromatic rings. The van der Waals surface area contributed by atoms with Crippen molar-refractivity contribution in [3.63, 3.8) is 0 Å². The highest BCUT2D eigenvalue weighted by molar-refractivity contribution is 6.42. The zero-order valence-corrected chi connectivity index (χ0v) is 14.6. The first kappa shape index (κ1) is 18.0. The summed E-state index contributed by atoms with van der Waals surface area (Å²) in [5.74, 6) is -1.50. The molecule has 6 nitrogen and oxygen atoms in total. The Balaban J connectivity index is 0.000000166. The van der Waals surface area contributed by atoms with Crippen molar-refractivity contribution in [1.82, 2.24) is 9.97 Å². The SMILES string of the molecule is COC(=O)C(=O)c1cccc2cnccc12.Nc1cccc2cnccc12. The maximum Gasteiger partial charge on any atom is 0.379 e. The van der Waals surface area contributed by atoms with Crippen molar-refractivity contribution in [1.29, 1.82) is 0 Å². The van der Waals surface area contributed by atoms with Gasteiger partial charge in [-0.3, -0.25) is 14.8 Å². The number of ketones is 1. The number of ether oxygens (including phenoxy) is 1. The Morgan fingerprint density at radius 3 is 2.07 bits per heavy atom. The molecule has 0 aliphatic heterocycles. The van der Waals surface area contributed by atoms with E-state index in [1.807, 2.05) is 36.5 Å². The van der Waals surface area contributed by atoms with Crippen LogP contribution in [-0.2, 0) is 9.53 Å².